The van der Waals surface area contributed by atoms with Crippen LogP contribution < -0.4 is 0 Å². The smallest absolute Gasteiger partial charge is 0.339 e. The number of benzene rings is 3. The molecular weight excluding hydrogens is 496 g/mol. The zero-order chi connectivity index (χ0) is 27.1. The Bertz CT molecular complexity index is 1260. The summed E-state index contributed by atoms with van der Waals surface area (Å²) in [6.45, 7) is 0. The topological polar surface area (TPSA) is 135 Å². The Labute approximate surface area is 217 Å². The fraction of sp³-hybridized carbons (Fsp3) is 0.214. The minimum Gasteiger partial charge on any atom is -0.467 e. The molecule has 0 amide bonds. The van der Waals surface area contributed by atoms with E-state index in [1.807, 2.05) is 0 Å². The van der Waals surface area contributed by atoms with E-state index in [1.165, 1.54) is 36.4 Å². The molecule has 3 aromatic carbocycles. The summed E-state index contributed by atoms with van der Waals surface area (Å²) < 4.78 is 26.9. The maximum absolute atomic E-state index is 13.0. The average molecular weight is 520 g/mol. The minimum atomic E-state index is -1.94. The number of carbonyl (C=O) groups is 4. The minimum absolute atomic E-state index is 0.129. The molecule has 1 N–H and O–H groups in total. The van der Waals surface area contributed by atoms with Gasteiger partial charge >= 0.3 is 23.9 Å². The van der Waals surface area contributed by atoms with E-state index in [9.17, 15) is 24.3 Å². The van der Waals surface area contributed by atoms with Gasteiger partial charge in [-0.25, -0.2) is 19.2 Å². The summed E-state index contributed by atoms with van der Waals surface area (Å²) >= 11 is 0. The first-order chi connectivity index (χ1) is 18.4. The lowest BCUT2D eigenvalue weighted by molar-refractivity contribution is -0.278. The number of rotatable bonds is 7. The molecule has 5 unspecified atom stereocenters. The summed E-state index contributed by atoms with van der Waals surface area (Å²) in [6.07, 6.45) is -8.63. The second-order valence-electron chi connectivity index (χ2n) is 8.18. The van der Waals surface area contributed by atoms with E-state index in [0.29, 0.717) is 0 Å². The van der Waals surface area contributed by atoms with Gasteiger partial charge in [0.15, 0.2) is 30.7 Å². The molecule has 1 aliphatic heterocycles. The molecule has 10 nitrogen and oxygen atoms in total. The molecule has 1 aliphatic rings. The van der Waals surface area contributed by atoms with Gasteiger partial charge in [0.2, 0.25) is 0 Å². The van der Waals surface area contributed by atoms with Crippen molar-refractivity contribution < 1.29 is 48.0 Å². The largest absolute Gasteiger partial charge is 0.467 e. The van der Waals surface area contributed by atoms with Crippen LogP contribution in [0.1, 0.15) is 31.1 Å². The molecule has 4 rings (SSSR count). The second kappa shape index (κ2) is 12.1. The molecule has 0 aromatic heterocycles. The summed E-state index contributed by atoms with van der Waals surface area (Å²) in [7, 11) is 1.07. The van der Waals surface area contributed by atoms with Crippen LogP contribution in [0.15, 0.2) is 91.0 Å². The molecule has 3 aromatic rings. The van der Waals surface area contributed by atoms with Crippen molar-refractivity contribution in [2.75, 3.05) is 7.11 Å². The van der Waals surface area contributed by atoms with Crippen LogP contribution in [0.4, 0.5) is 0 Å². The van der Waals surface area contributed by atoms with Crippen molar-refractivity contribution >= 4 is 23.9 Å². The maximum atomic E-state index is 13.0. The number of carbonyl (C=O) groups excluding carboxylic acids is 4. The maximum Gasteiger partial charge on any atom is 0.339 e. The lowest BCUT2D eigenvalue weighted by Gasteiger charge is -2.42. The molecule has 196 valence electrons. The van der Waals surface area contributed by atoms with Crippen LogP contribution in [0.2, 0.25) is 0 Å². The van der Waals surface area contributed by atoms with Crippen molar-refractivity contribution in [2.24, 2.45) is 0 Å². The van der Waals surface area contributed by atoms with Crippen LogP contribution in [0.25, 0.3) is 0 Å². The van der Waals surface area contributed by atoms with Gasteiger partial charge in [0.05, 0.1) is 23.8 Å². The number of methoxy groups -OCH3 is 1. The van der Waals surface area contributed by atoms with Gasteiger partial charge in [0.25, 0.3) is 0 Å². The van der Waals surface area contributed by atoms with E-state index in [0.717, 1.165) is 7.11 Å². The molecule has 1 saturated heterocycles. The number of hydrogen-bond donors (Lipinski definition) is 1. The number of ether oxygens (including phenoxy) is 5. The Balaban J connectivity index is 1.71. The highest BCUT2D eigenvalue weighted by Crippen LogP contribution is 2.30. The van der Waals surface area contributed by atoms with Crippen LogP contribution in [-0.4, -0.2) is 66.8 Å². The molecule has 0 radical (unpaired) electrons. The molecule has 0 bridgehead atoms. The third kappa shape index (κ3) is 6.05. The third-order valence-corrected chi connectivity index (χ3v) is 5.70. The number of aliphatic hydroxyl groups excluding tert-OH is 1. The van der Waals surface area contributed by atoms with Crippen molar-refractivity contribution in [3.8, 4) is 0 Å². The van der Waals surface area contributed by atoms with Gasteiger partial charge in [-0.15, -0.1) is 0 Å². The predicted molar refractivity (Wildman–Crippen MR) is 130 cm³/mol. The highest BCUT2D eigenvalue weighted by molar-refractivity contribution is 5.91. The predicted octanol–water partition coefficient (Wildman–Crippen LogP) is 2.55. The zero-order valence-corrected chi connectivity index (χ0v) is 20.2. The normalized spacial score (nSPS) is 22.5. The van der Waals surface area contributed by atoms with E-state index in [4.69, 9.17) is 23.7 Å². The van der Waals surface area contributed by atoms with E-state index in [1.54, 1.807) is 54.6 Å². The van der Waals surface area contributed by atoms with Gasteiger partial charge in [-0.1, -0.05) is 54.6 Å². The molecule has 0 saturated carbocycles. The van der Waals surface area contributed by atoms with Crippen LogP contribution in [-0.2, 0) is 28.5 Å². The van der Waals surface area contributed by atoms with Crippen molar-refractivity contribution in [1.29, 1.82) is 0 Å². The van der Waals surface area contributed by atoms with Gasteiger partial charge < -0.3 is 28.8 Å². The molecular formula is C28H24O10. The fourth-order valence-corrected chi connectivity index (χ4v) is 3.82. The fourth-order valence-electron chi connectivity index (χ4n) is 3.82. The van der Waals surface area contributed by atoms with Crippen molar-refractivity contribution in [3.63, 3.8) is 0 Å². The first-order valence-electron chi connectivity index (χ1n) is 11.6. The summed E-state index contributed by atoms with van der Waals surface area (Å²) in [5.74, 6) is -3.64. The Morgan fingerprint density at radius 2 is 0.974 bits per heavy atom. The van der Waals surface area contributed by atoms with Crippen molar-refractivity contribution in [3.05, 3.63) is 108 Å². The highest BCUT2D eigenvalue weighted by Gasteiger charge is 2.55. The van der Waals surface area contributed by atoms with Gasteiger partial charge in [0, 0.05) is 0 Å². The molecule has 1 fully saturated rings. The second-order valence-corrected chi connectivity index (χ2v) is 8.18. The average Bonchev–Trinajstić information content (AvgIpc) is 2.96. The van der Waals surface area contributed by atoms with Crippen LogP contribution in [0.3, 0.4) is 0 Å². The monoisotopic (exact) mass is 520 g/mol. The van der Waals surface area contributed by atoms with E-state index in [-0.39, 0.29) is 16.7 Å². The van der Waals surface area contributed by atoms with E-state index >= 15 is 0 Å². The Kier molecular flexibility index (Phi) is 8.47. The SMILES string of the molecule is COC(=O)C1OC(O)C(OC(=O)c2ccccc2)C(OC(=O)c2ccccc2)C1OC(=O)c1ccccc1. The van der Waals surface area contributed by atoms with Crippen molar-refractivity contribution in [1.82, 2.24) is 0 Å². The van der Waals surface area contributed by atoms with E-state index in [2.05, 4.69) is 0 Å². The lowest BCUT2D eigenvalue weighted by atomic mass is 9.97. The van der Waals surface area contributed by atoms with Crippen LogP contribution >= 0.6 is 0 Å². The summed E-state index contributed by atoms with van der Waals surface area (Å²) in [6, 6.07) is 23.6. The summed E-state index contributed by atoms with van der Waals surface area (Å²) in [4.78, 5) is 51.4. The quantitative estimate of drug-likeness (QED) is 0.366. The van der Waals surface area contributed by atoms with Gasteiger partial charge in [-0.05, 0) is 36.4 Å². The van der Waals surface area contributed by atoms with Gasteiger partial charge in [0.1, 0.15) is 0 Å². The summed E-state index contributed by atoms with van der Waals surface area (Å²) in [5, 5.41) is 10.8. The Hall–Kier alpha value is -4.54. The molecule has 38 heavy (non-hydrogen) atoms. The van der Waals surface area contributed by atoms with Gasteiger partial charge in [-0.2, -0.15) is 0 Å². The molecule has 0 aliphatic carbocycles. The molecule has 1 heterocycles. The Morgan fingerprint density at radius 3 is 1.37 bits per heavy atom. The van der Waals surface area contributed by atoms with Crippen molar-refractivity contribution in [2.45, 2.75) is 30.7 Å². The van der Waals surface area contributed by atoms with Crippen LogP contribution in [0, 0.1) is 0 Å². The van der Waals surface area contributed by atoms with Gasteiger partial charge in [-0.3, -0.25) is 0 Å². The first kappa shape index (κ1) is 26.5. The third-order valence-electron chi connectivity index (χ3n) is 5.70. The number of hydrogen-bond acceptors (Lipinski definition) is 10. The highest BCUT2D eigenvalue weighted by atomic mass is 16.7. The van der Waals surface area contributed by atoms with Crippen LogP contribution in [0.5, 0.6) is 0 Å². The molecule has 5 atom stereocenters. The standard InChI is InChI=1S/C28H24O10/c1-34-27(32)22-20(35-24(29)17-11-5-2-6-12-17)21(36-25(30)18-13-7-3-8-14-18)23(28(33)38-22)37-26(31)19-15-9-4-10-16-19/h2-16,20-23,28,33H,1H3. The summed E-state index contributed by atoms with van der Waals surface area (Å²) in [5.41, 5.74) is 0.401. The molecule has 10 heteroatoms. The Morgan fingerprint density at radius 1 is 0.605 bits per heavy atom. The van der Waals surface area contributed by atoms with E-state index < -0.39 is 54.6 Å². The zero-order valence-electron chi connectivity index (χ0n) is 20.2. The lowest BCUT2D eigenvalue weighted by Crippen LogP contribution is -2.63. The number of esters is 4. The number of aliphatic hydroxyl groups is 1. The molecule has 0 spiro atoms. The first-order valence-corrected chi connectivity index (χ1v) is 11.6.